The third-order valence-electron chi connectivity index (χ3n) is 4.61. The predicted molar refractivity (Wildman–Crippen MR) is 86.6 cm³/mol. The van der Waals surface area contributed by atoms with E-state index in [4.69, 9.17) is 9.84 Å². The fourth-order valence-corrected chi connectivity index (χ4v) is 3.24. The highest BCUT2D eigenvalue weighted by atomic mass is 16.5. The maximum Gasteiger partial charge on any atom is 0.0624 e. The average Bonchev–Trinajstić information content (AvgIpc) is 2.90. The molecule has 21 heavy (non-hydrogen) atoms. The van der Waals surface area contributed by atoms with Crippen molar-refractivity contribution in [3.63, 3.8) is 0 Å². The highest BCUT2D eigenvalue weighted by molar-refractivity contribution is 5.13. The first-order chi connectivity index (χ1) is 10.2. The van der Waals surface area contributed by atoms with E-state index in [1.165, 1.54) is 17.8 Å². The zero-order valence-electron chi connectivity index (χ0n) is 14.0. The quantitative estimate of drug-likeness (QED) is 0.749. The molecule has 1 saturated heterocycles. The van der Waals surface area contributed by atoms with Crippen LogP contribution in [0, 0.1) is 5.41 Å². The van der Waals surface area contributed by atoms with Gasteiger partial charge in [-0.3, -0.25) is 4.68 Å². The topological polar surface area (TPSA) is 39.1 Å². The molecule has 0 bridgehead atoms. The van der Waals surface area contributed by atoms with Gasteiger partial charge in [0, 0.05) is 32.0 Å². The fourth-order valence-electron chi connectivity index (χ4n) is 3.24. The molecule has 1 fully saturated rings. The van der Waals surface area contributed by atoms with Crippen molar-refractivity contribution in [2.75, 3.05) is 26.3 Å². The number of hydrogen-bond donors (Lipinski definition) is 1. The van der Waals surface area contributed by atoms with E-state index in [0.717, 1.165) is 58.5 Å². The summed E-state index contributed by atoms with van der Waals surface area (Å²) in [5.41, 5.74) is 2.95. The van der Waals surface area contributed by atoms with Crippen LogP contribution in [0.4, 0.5) is 0 Å². The minimum absolute atomic E-state index is 0.339. The molecular formula is C17H31N3O. The van der Waals surface area contributed by atoms with Gasteiger partial charge in [-0.25, -0.2) is 0 Å². The Morgan fingerprint density at radius 2 is 2.05 bits per heavy atom. The Bertz CT molecular complexity index is 422. The first-order valence-corrected chi connectivity index (χ1v) is 8.57. The van der Waals surface area contributed by atoms with E-state index in [-0.39, 0.29) is 0 Å². The Hall–Kier alpha value is -0.870. The van der Waals surface area contributed by atoms with Gasteiger partial charge in [0.15, 0.2) is 0 Å². The van der Waals surface area contributed by atoms with Crippen molar-refractivity contribution < 1.29 is 4.74 Å². The van der Waals surface area contributed by atoms with Gasteiger partial charge in [0.25, 0.3) is 0 Å². The highest BCUT2D eigenvalue weighted by Crippen LogP contribution is 2.34. The van der Waals surface area contributed by atoms with Gasteiger partial charge in [-0.1, -0.05) is 13.8 Å². The smallest absolute Gasteiger partial charge is 0.0624 e. The van der Waals surface area contributed by atoms with Gasteiger partial charge in [-0.05, 0) is 57.1 Å². The van der Waals surface area contributed by atoms with Crippen molar-refractivity contribution in [2.45, 2.75) is 59.4 Å². The van der Waals surface area contributed by atoms with Gasteiger partial charge >= 0.3 is 0 Å². The standard InChI is InChI=1S/C17H31N3O/c1-4-9-18-14-17(7-10-21-11-8-17)13-16-12-15(5-2)19-20(16)6-3/h12,18H,4-11,13-14H2,1-3H3. The molecule has 0 aromatic carbocycles. The molecule has 0 spiro atoms. The Balaban J connectivity index is 2.11. The molecule has 1 aliphatic rings. The summed E-state index contributed by atoms with van der Waals surface area (Å²) in [6.45, 7) is 11.6. The van der Waals surface area contributed by atoms with E-state index < -0.39 is 0 Å². The highest BCUT2D eigenvalue weighted by Gasteiger charge is 2.33. The van der Waals surface area contributed by atoms with E-state index in [1.54, 1.807) is 0 Å². The van der Waals surface area contributed by atoms with Crippen LogP contribution in [-0.2, 0) is 24.1 Å². The van der Waals surface area contributed by atoms with Gasteiger partial charge in [0.2, 0.25) is 0 Å². The molecule has 1 N–H and O–H groups in total. The molecule has 4 heteroatoms. The van der Waals surface area contributed by atoms with Gasteiger partial charge in [0.05, 0.1) is 5.69 Å². The van der Waals surface area contributed by atoms with E-state index in [1.807, 2.05) is 0 Å². The molecule has 1 aromatic heterocycles. The van der Waals surface area contributed by atoms with E-state index >= 15 is 0 Å². The van der Waals surface area contributed by atoms with Crippen LogP contribution in [-0.4, -0.2) is 36.1 Å². The van der Waals surface area contributed by atoms with Gasteiger partial charge < -0.3 is 10.1 Å². The van der Waals surface area contributed by atoms with Crippen molar-refractivity contribution in [3.8, 4) is 0 Å². The number of aromatic nitrogens is 2. The summed E-state index contributed by atoms with van der Waals surface area (Å²) in [4.78, 5) is 0. The van der Waals surface area contributed by atoms with Crippen LogP contribution in [0.3, 0.4) is 0 Å². The lowest BCUT2D eigenvalue weighted by Crippen LogP contribution is -2.41. The lowest BCUT2D eigenvalue weighted by Gasteiger charge is -2.37. The molecule has 4 nitrogen and oxygen atoms in total. The third-order valence-corrected chi connectivity index (χ3v) is 4.61. The molecule has 0 amide bonds. The van der Waals surface area contributed by atoms with Crippen LogP contribution in [0.25, 0.3) is 0 Å². The molecule has 0 atom stereocenters. The van der Waals surface area contributed by atoms with Crippen molar-refractivity contribution in [3.05, 3.63) is 17.5 Å². The Labute approximate surface area is 129 Å². The lowest BCUT2D eigenvalue weighted by atomic mass is 9.76. The summed E-state index contributed by atoms with van der Waals surface area (Å²) in [5, 5.41) is 8.34. The molecular weight excluding hydrogens is 262 g/mol. The van der Waals surface area contributed by atoms with Crippen LogP contribution in [0.2, 0.25) is 0 Å². The summed E-state index contributed by atoms with van der Waals surface area (Å²) in [7, 11) is 0. The minimum Gasteiger partial charge on any atom is -0.381 e. The lowest BCUT2D eigenvalue weighted by molar-refractivity contribution is 0.0141. The van der Waals surface area contributed by atoms with Crippen LogP contribution in [0.15, 0.2) is 6.07 Å². The van der Waals surface area contributed by atoms with Crippen LogP contribution >= 0.6 is 0 Å². The van der Waals surface area contributed by atoms with E-state index in [0.29, 0.717) is 5.41 Å². The summed E-state index contributed by atoms with van der Waals surface area (Å²) in [6, 6.07) is 2.31. The second-order valence-corrected chi connectivity index (χ2v) is 6.26. The van der Waals surface area contributed by atoms with Gasteiger partial charge in [-0.2, -0.15) is 5.10 Å². The third kappa shape index (κ3) is 4.30. The number of nitrogens with zero attached hydrogens (tertiary/aromatic N) is 2. The number of ether oxygens (including phenoxy) is 1. The van der Waals surface area contributed by atoms with Crippen molar-refractivity contribution >= 4 is 0 Å². The molecule has 0 radical (unpaired) electrons. The Morgan fingerprint density at radius 3 is 2.67 bits per heavy atom. The predicted octanol–water partition coefficient (Wildman–Crippen LogP) is 2.80. The maximum absolute atomic E-state index is 5.60. The van der Waals surface area contributed by atoms with Crippen molar-refractivity contribution in [2.24, 2.45) is 5.41 Å². The van der Waals surface area contributed by atoms with E-state index in [9.17, 15) is 0 Å². The molecule has 2 heterocycles. The zero-order chi connectivity index (χ0) is 15.1. The second kappa shape index (κ2) is 7.95. The summed E-state index contributed by atoms with van der Waals surface area (Å²) in [5.74, 6) is 0. The largest absolute Gasteiger partial charge is 0.381 e. The number of hydrogen-bond acceptors (Lipinski definition) is 3. The normalized spacial score (nSPS) is 18.0. The first kappa shape index (κ1) is 16.5. The maximum atomic E-state index is 5.60. The number of aryl methyl sites for hydroxylation is 2. The monoisotopic (exact) mass is 293 g/mol. The van der Waals surface area contributed by atoms with Crippen molar-refractivity contribution in [1.29, 1.82) is 0 Å². The molecule has 1 aliphatic heterocycles. The summed E-state index contributed by atoms with van der Waals surface area (Å²) >= 11 is 0. The number of rotatable bonds is 8. The summed E-state index contributed by atoms with van der Waals surface area (Å²) in [6.07, 6.45) is 5.64. The van der Waals surface area contributed by atoms with E-state index in [2.05, 4.69) is 36.8 Å². The zero-order valence-corrected chi connectivity index (χ0v) is 14.0. The SMILES string of the molecule is CCCNCC1(Cc2cc(CC)nn2CC)CCOCC1. The van der Waals surface area contributed by atoms with Crippen molar-refractivity contribution in [1.82, 2.24) is 15.1 Å². The Kier molecular flexibility index (Phi) is 6.24. The molecule has 1 aromatic rings. The Morgan fingerprint density at radius 1 is 1.29 bits per heavy atom. The summed E-state index contributed by atoms with van der Waals surface area (Å²) < 4.78 is 7.79. The minimum atomic E-state index is 0.339. The van der Waals surface area contributed by atoms with Gasteiger partial charge in [-0.15, -0.1) is 0 Å². The van der Waals surface area contributed by atoms with Crippen LogP contribution in [0.1, 0.15) is 51.4 Å². The average molecular weight is 293 g/mol. The molecule has 0 unspecified atom stereocenters. The van der Waals surface area contributed by atoms with Crippen LogP contribution in [0.5, 0.6) is 0 Å². The molecule has 0 aliphatic carbocycles. The molecule has 0 saturated carbocycles. The van der Waals surface area contributed by atoms with Crippen LogP contribution < -0.4 is 5.32 Å². The van der Waals surface area contributed by atoms with Gasteiger partial charge in [0.1, 0.15) is 0 Å². The molecule has 120 valence electrons. The second-order valence-electron chi connectivity index (χ2n) is 6.26. The first-order valence-electron chi connectivity index (χ1n) is 8.57. The fraction of sp³-hybridized carbons (Fsp3) is 0.824. The number of nitrogens with one attached hydrogen (secondary N) is 1. The molecule has 2 rings (SSSR count).